The number of nitrogens with zero attached hydrogens (tertiary/aromatic N) is 1. The highest BCUT2D eigenvalue weighted by molar-refractivity contribution is 5.38. The molecule has 2 N–H and O–H groups in total. The van der Waals surface area contributed by atoms with Crippen molar-refractivity contribution in [3.8, 4) is 17.6 Å². The molecule has 2 rings (SSSR count). The topological polar surface area (TPSA) is 64.2 Å². The van der Waals surface area contributed by atoms with Gasteiger partial charge in [-0.25, -0.2) is 0 Å². The first-order valence-electron chi connectivity index (χ1n) is 6.02. The summed E-state index contributed by atoms with van der Waals surface area (Å²) in [5.41, 5.74) is 1.18. The summed E-state index contributed by atoms with van der Waals surface area (Å²) >= 11 is 0. The zero-order chi connectivity index (χ0) is 13.9. The van der Waals surface area contributed by atoms with Gasteiger partial charge in [-0.3, -0.25) is 0 Å². The van der Waals surface area contributed by atoms with Crippen LogP contribution in [0.2, 0.25) is 0 Å². The third-order valence-corrected chi connectivity index (χ3v) is 3.25. The summed E-state index contributed by atoms with van der Waals surface area (Å²) in [5, 5.41) is 28.0. The van der Waals surface area contributed by atoms with Crippen molar-refractivity contribution in [2.24, 2.45) is 0 Å². The van der Waals surface area contributed by atoms with E-state index in [9.17, 15) is 15.5 Å². The Morgan fingerprint density at radius 1 is 0.947 bits per heavy atom. The lowest BCUT2D eigenvalue weighted by Gasteiger charge is -2.22. The Morgan fingerprint density at radius 3 is 1.89 bits per heavy atom. The molecule has 3 nitrogen and oxygen atoms in total. The Labute approximate surface area is 112 Å². The zero-order valence-electron chi connectivity index (χ0n) is 10.7. The lowest BCUT2D eigenvalue weighted by atomic mass is 9.78. The second kappa shape index (κ2) is 5.03. The highest BCUT2D eigenvalue weighted by atomic mass is 16.3. The van der Waals surface area contributed by atoms with Gasteiger partial charge in [0.05, 0.1) is 11.5 Å². The molecule has 0 amide bonds. The molecule has 0 bridgehead atoms. The van der Waals surface area contributed by atoms with E-state index in [1.807, 2.05) is 19.1 Å². The average Bonchev–Trinajstić information content (AvgIpc) is 2.42. The van der Waals surface area contributed by atoms with E-state index in [0.29, 0.717) is 6.42 Å². The number of hydrogen-bond acceptors (Lipinski definition) is 3. The lowest BCUT2D eigenvalue weighted by Crippen LogP contribution is -2.22. The van der Waals surface area contributed by atoms with Crippen molar-refractivity contribution in [3.63, 3.8) is 0 Å². The van der Waals surface area contributed by atoms with Crippen LogP contribution in [0, 0.1) is 11.3 Å². The van der Waals surface area contributed by atoms with Crippen molar-refractivity contribution in [1.82, 2.24) is 0 Å². The maximum Gasteiger partial charge on any atom is 0.115 e. The maximum absolute atomic E-state index is 9.46. The van der Waals surface area contributed by atoms with Gasteiger partial charge in [0, 0.05) is 0 Å². The quantitative estimate of drug-likeness (QED) is 0.883. The number of phenolic OH excluding ortho intramolecular Hbond substituents is 2. The van der Waals surface area contributed by atoms with Crippen LogP contribution >= 0.6 is 0 Å². The Balaban J connectivity index is 2.30. The minimum atomic E-state index is -0.662. The van der Waals surface area contributed by atoms with Gasteiger partial charge in [0.2, 0.25) is 0 Å². The van der Waals surface area contributed by atoms with Crippen molar-refractivity contribution >= 4 is 0 Å². The van der Waals surface area contributed by atoms with E-state index < -0.39 is 5.41 Å². The number of rotatable bonds is 3. The van der Waals surface area contributed by atoms with E-state index in [1.165, 1.54) is 0 Å². The van der Waals surface area contributed by atoms with Crippen LogP contribution < -0.4 is 0 Å². The molecule has 2 aromatic rings. The normalized spacial score (nSPS) is 13.5. The molecule has 0 saturated carbocycles. The minimum Gasteiger partial charge on any atom is -0.508 e. The summed E-state index contributed by atoms with van der Waals surface area (Å²) < 4.78 is 0. The number of hydrogen-bond donors (Lipinski definition) is 2. The summed E-state index contributed by atoms with van der Waals surface area (Å²) in [5.74, 6) is 0.403. The first-order valence-corrected chi connectivity index (χ1v) is 6.02. The van der Waals surface area contributed by atoms with E-state index in [1.54, 1.807) is 36.4 Å². The molecule has 3 heteroatoms. The van der Waals surface area contributed by atoms with E-state index >= 15 is 0 Å². The Bertz CT molecular complexity index is 596. The van der Waals surface area contributed by atoms with Crippen LogP contribution in [0.5, 0.6) is 11.5 Å². The average molecular weight is 253 g/mol. The van der Waals surface area contributed by atoms with Gasteiger partial charge in [-0.1, -0.05) is 24.3 Å². The van der Waals surface area contributed by atoms with Gasteiger partial charge >= 0.3 is 0 Å². The predicted octanol–water partition coefficient (Wildman–Crippen LogP) is 3.12. The van der Waals surface area contributed by atoms with Crippen LogP contribution in [0.25, 0.3) is 0 Å². The smallest absolute Gasteiger partial charge is 0.115 e. The van der Waals surface area contributed by atoms with Crippen LogP contribution in [0.1, 0.15) is 18.1 Å². The molecule has 0 aromatic heterocycles. The molecule has 0 spiro atoms. The molecule has 0 aliphatic carbocycles. The van der Waals surface area contributed by atoms with Crippen LogP contribution in [0.4, 0.5) is 0 Å². The SMILES string of the molecule is C[C@](C#N)(Cc1ccc(O)cc1)c1ccc(O)cc1. The highest BCUT2D eigenvalue weighted by Gasteiger charge is 2.26. The molecule has 1 atom stereocenters. The molecule has 96 valence electrons. The summed E-state index contributed by atoms with van der Waals surface area (Å²) in [6.07, 6.45) is 0.550. The Morgan fingerprint density at radius 2 is 1.42 bits per heavy atom. The Kier molecular flexibility index (Phi) is 3.43. The third-order valence-electron chi connectivity index (χ3n) is 3.25. The minimum absolute atomic E-state index is 0.189. The molecule has 0 saturated heterocycles. The van der Waals surface area contributed by atoms with Crippen molar-refractivity contribution in [2.75, 3.05) is 0 Å². The summed E-state index contributed by atoms with van der Waals surface area (Å²) in [7, 11) is 0. The van der Waals surface area contributed by atoms with E-state index in [4.69, 9.17) is 0 Å². The van der Waals surface area contributed by atoms with Crippen LogP contribution in [-0.4, -0.2) is 10.2 Å². The lowest BCUT2D eigenvalue weighted by molar-refractivity contribution is 0.473. The zero-order valence-corrected chi connectivity index (χ0v) is 10.7. The number of benzene rings is 2. The van der Waals surface area contributed by atoms with Gasteiger partial charge in [-0.2, -0.15) is 5.26 Å². The van der Waals surface area contributed by atoms with Gasteiger partial charge in [-0.15, -0.1) is 0 Å². The van der Waals surface area contributed by atoms with Crippen LogP contribution in [0.3, 0.4) is 0 Å². The van der Waals surface area contributed by atoms with E-state index in [2.05, 4.69) is 6.07 Å². The van der Waals surface area contributed by atoms with Crippen molar-refractivity contribution < 1.29 is 10.2 Å². The molecule has 0 aliphatic heterocycles. The molecule has 0 aliphatic rings. The summed E-state index contributed by atoms with van der Waals surface area (Å²) in [6, 6.07) is 15.9. The molecule has 0 unspecified atom stereocenters. The summed E-state index contributed by atoms with van der Waals surface area (Å²) in [4.78, 5) is 0. The number of phenols is 2. The predicted molar refractivity (Wildman–Crippen MR) is 72.9 cm³/mol. The summed E-state index contributed by atoms with van der Waals surface area (Å²) in [6.45, 7) is 1.87. The van der Waals surface area contributed by atoms with Crippen molar-refractivity contribution in [3.05, 3.63) is 59.7 Å². The second-order valence-corrected chi connectivity index (χ2v) is 4.83. The van der Waals surface area contributed by atoms with Crippen LogP contribution in [-0.2, 0) is 11.8 Å². The van der Waals surface area contributed by atoms with Crippen LogP contribution in [0.15, 0.2) is 48.5 Å². The molecule has 0 heterocycles. The molecule has 19 heavy (non-hydrogen) atoms. The molecule has 0 radical (unpaired) electrons. The van der Waals surface area contributed by atoms with E-state index in [0.717, 1.165) is 11.1 Å². The second-order valence-electron chi connectivity index (χ2n) is 4.83. The highest BCUT2D eigenvalue weighted by Crippen LogP contribution is 2.29. The first-order chi connectivity index (χ1) is 9.03. The fourth-order valence-corrected chi connectivity index (χ4v) is 2.06. The monoisotopic (exact) mass is 253 g/mol. The fraction of sp³-hybridized carbons (Fsp3) is 0.188. The molecule has 0 fully saturated rings. The van der Waals surface area contributed by atoms with E-state index in [-0.39, 0.29) is 11.5 Å². The molecular formula is C16H15NO2. The van der Waals surface area contributed by atoms with Gasteiger partial charge < -0.3 is 10.2 Å². The van der Waals surface area contributed by atoms with Gasteiger partial charge in [0.25, 0.3) is 0 Å². The van der Waals surface area contributed by atoms with Crippen molar-refractivity contribution in [2.45, 2.75) is 18.8 Å². The number of nitriles is 1. The molecule has 2 aromatic carbocycles. The van der Waals surface area contributed by atoms with Gasteiger partial charge in [-0.05, 0) is 48.7 Å². The standard InChI is InChI=1S/C16H15NO2/c1-16(11-17,13-4-8-15(19)9-5-13)10-12-2-6-14(18)7-3-12/h2-9,18-19H,10H2,1H3/t16-/m1/s1. The van der Waals surface area contributed by atoms with Gasteiger partial charge in [0.15, 0.2) is 0 Å². The van der Waals surface area contributed by atoms with Crippen molar-refractivity contribution in [1.29, 1.82) is 5.26 Å². The third kappa shape index (κ3) is 2.86. The maximum atomic E-state index is 9.46. The largest absolute Gasteiger partial charge is 0.508 e. The van der Waals surface area contributed by atoms with Gasteiger partial charge in [0.1, 0.15) is 11.5 Å². The molecular weight excluding hydrogens is 238 g/mol. The first kappa shape index (κ1) is 13.0. The Hall–Kier alpha value is -2.47. The fourth-order valence-electron chi connectivity index (χ4n) is 2.06. The number of aromatic hydroxyl groups is 2.